The van der Waals surface area contributed by atoms with Gasteiger partial charge >= 0.3 is 0 Å². The van der Waals surface area contributed by atoms with Gasteiger partial charge in [0.05, 0.1) is 14.2 Å². The Bertz CT molecular complexity index is 341. The summed E-state index contributed by atoms with van der Waals surface area (Å²) >= 11 is 0. The predicted octanol–water partition coefficient (Wildman–Crippen LogP) is 0.993. The summed E-state index contributed by atoms with van der Waals surface area (Å²) in [6.07, 6.45) is 0.351. The molecule has 0 aliphatic carbocycles. The van der Waals surface area contributed by atoms with Crippen LogP contribution in [0, 0.1) is 0 Å². The first-order chi connectivity index (χ1) is 7.19. The van der Waals surface area contributed by atoms with Gasteiger partial charge < -0.3 is 20.4 Å². The van der Waals surface area contributed by atoms with Crippen molar-refractivity contribution in [2.45, 2.75) is 6.42 Å². The molecule has 0 radical (unpaired) electrons. The molecule has 1 aromatic rings. The van der Waals surface area contributed by atoms with E-state index in [-0.39, 0.29) is 5.84 Å². The average molecular weight is 210 g/mol. The molecule has 15 heavy (non-hydrogen) atoms. The molecule has 0 aliphatic rings. The van der Waals surface area contributed by atoms with Crippen molar-refractivity contribution in [1.82, 2.24) is 0 Å². The van der Waals surface area contributed by atoms with Crippen molar-refractivity contribution in [3.8, 4) is 11.5 Å². The third-order valence-corrected chi connectivity index (χ3v) is 1.92. The van der Waals surface area contributed by atoms with Gasteiger partial charge in [-0.2, -0.15) is 0 Å². The van der Waals surface area contributed by atoms with Gasteiger partial charge in [0.15, 0.2) is 0 Å². The number of nitrogens with zero attached hydrogens (tertiary/aromatic N) is 1. The molecule has 0 bridgehead atoms. The van der Waals surface area contributed by atoms with Crippen molar-refractivity contribution in [3.05, 3.63) is 23.8 Å². The van der Waals surface area contributed by atoms with E-state index in [2.05, 4.69) is 5.16 Å². The van der Waals surface area contributed by atoms with E-state index in [0.717, 1.165) is 5.56 Å². The van der Waals surface area contributed by atoms with Crippen molar-refractivity contribution in [3.63, 3.8) is 0 Å². The van der Waals surface area contributed by atoms with Gasteiger partial charge in [0, 0.05) is 12.5 Å². The normalized spacial score (nSPS) is 11.2. The summed E-state index contributed by atoms with van der Waals surface area (Å²) in [5.74, 6) is 1.50. The number of ether oxygens (including phenoxy) is 2. The van der Waals surface area contributed by atoms with E-state index in [4.69, 9.17) is 20.4 Å². The molecule has 1 rings (SSSR count). The van der Waals surface area contributed by atoms with Crippen LogP contribution >= 0.6 is 0 Å². The zero-order valence-electron chi connectivity index (χ0n) is 8.73. The fourth-order valence-corrected chi connectivity index (χ4v) is 1.21. The number of oxime groups is 1. The van der Waals surface area contributed by atoms with E-state index in [9.17, 15) is 0 Å². The van der Waals surface area contributed by atoms with E-state index in [1.54, 1.807) is 32.4 Å². The van der Waals surface area contributed by atoms with E-state index >= 15 is 0 Å². The number of hydrogen-bond donors (Lipinski definition) is 2. The van der Waals surface area contributed by atoms with Gasteiger partial charge in [0.2, 0.25) is 0 Å². The lowest BCUT2D eigenvalue weighted by molar-refractivity contribution is 0.317. The smallest absolute Gasteiger partial charge is 0.143 e. The molecule has 0 atom stereocenters. The van der Waals surface area contributed by atoms with Crippen molar-refractivity contribution in [2.75, 3.05) is 14.2 Å². The standard InChI is InChI=1S/C10H14N2O3/c1-14-8-3-7(5-10(11)12-13)4-9(6-8)15-2/h3-4,6,13H,5H2,1-2H3,(H2,11,12). The maximum Gasteiger partial charge on any atom is 0.143 e. The minimum absolute atomic E-state index is 0.144. The SMILES string of the molecule is COc1cc(C/C(N)=N/O)cc(OC)c1. The fourth-order valence-electron chi connectivity index (χ4n) is 1.21. The van der Waals surface area contributed by atoms with Crippen molar-refractivity contribution < 1.29 is 14.7 Å². The second kappa shape index (κ2) is 5.09. The minimum atomic E-state index is 0.144. The quantitative estimate of drug-likeness (QED) is 0.336. The molecule has 0 aliphatic heterocycles. The highest BCUT2D eigenvalue weighted by Gasteiger charge is 2.03. The highest BCUT2D eigenvalue weighted by Crippen LogP contribution is 2.22. The first-order valence-corrected chi connectivity index (χ1v) is 4.38. The molecule has 0 spiro atoms. The van der Waals surface area contributed by atoms with Crippen LogP contribution in [0.1, 0.15) is 5.56 Å². The topological polar surface area (TPSA) is 77.1 Å². The molecule has 0 fully saturated rings. The number of methoxy groups -OCH3 is 2. The minimum Gasteiger partial charge on any atom is -0.497 e. The lowest BCUT2D eigenvalue weighted by Gasteiger charge is -2.07. The van der Waals surface area contributed by atoms with E-state index in [1.807, 2.05) is 0 Å². The highest BCUT2D eigenvalue weighted by molar-refractivity contribution is 5.82. The summed E-state index contributed by atoms with van der Waals surface area (Å²) in [6, 6.07) is 5.37. The molecule has 0 amide bonds. The van der Waals surface area contributed by atoms with Crippen LogP contribution in [0.25, 0.3) is 0 Å². The highest BCUT2D eigenvalue weighted by atomic mass is 16.5. The van der Waals surface area contributed by atoms with Crippen LogP contribution in [0.2, 0.25) is 0 Å². The molecule has 82 valence electrons. The third kappa shape index (κ3) is 3.05. The Balaban J connectivity index is 2.96. The van der Waals surface area contributed by atoms with Gasteiger partial charge in [-0.1, -0.05) is 5.16 Å². The Morgan fingerprint density at radius 2 is 1.80 bits per heavy atom. The largest absolute Gasteiger partial charge is 0.497 e. The van der Waals surface area contributed by atoms with E-state index in [0.29, 0.717) is 17.9 Å². The van der Waals surface area contributed by atoms with Gasteiger partial charge in [0.25, 0.3) is 0 Å². The third-order valence-electron chi connectivity index (χ3n) is 1.92. The molecule has 5 heteroatoms. The molecular weight excluding hydrogens is 196 g/mol. The Morgan fingerprint density at radius 1 is 1.27 bits per heavy atom. The van der Waals surface area contributed by atoms with Crippen LogP contribution in [0.5, 0.6) is 11.5 Å². The molecule has 0 saturated carbocycles. The molecule has 5 nitrogen and oxygen atoms in total. The van der Waals surface area contributed by atoms with Gasteiger partial charge in [0.1, 0.15) is 17.3 Å². The lowest BCUT2D eigenvalue weighted by atomic mass is 10.1. The Morgan fingerprint density at radius 3 is 2.20 bits per heavy atom. The molecule has 0 aromatic heterocycles. The molecular formula is C10H14N2O3. The first-order valence-electron chi connectivity index (χ1n) is 4.38. The van der Waals surface area contributed by atoms with Crippen LogP contribution < -0.4 is 15.2 Å². The molecule has 0 saturated heterocycles. The fraction of sp³-hybridized carbons (Fsp3) is 0.300. The summed E-state index contributed by atoms with van der Waals surface area (Å²) in [7, 11) is 3.14. The summed E-state index contributed by atoms with van der Waals surface area (Å²) in [5, 5.41) is 11.4. The zero-order valence-corrected chi connectivity index (χ0v) is 8.73. The van der Waals surface area contributed by atoms with E-state index < -0.39 is 0 Å². The maximum absolute atomic E-state index is 8.45. The van der Waals surface area contributed by atoms with Crippen LogP contribution in [-0.4, -0.2) is 25.3 Å². The number of hydrogen-bond acceptors (Lipinski definition) is 4. The number of benzene rings is 1. The van der Waals surface area contributed by atoms with Crippen molar-refractivity contribution in [1.29, 1.82) is 0 Å². The van der Waals surface area contributed by atoms with Crippen molar-refractivity contribution in [2.24, 2.45) is 10.9 Å². The van der Waals surface area contributed by atoms with Gasteiger partial charge in [-0.3, -0.25) is 0 Å². The molecule has 0 unspecified atom stereocenters. The number of rotatable bonds is 4. The van der Waals surface area contributed by atoms with E-state index in [1.165, 1.54) is 0 Å². The number of amidine groups is 1. The molecule has 1 aromatic carbocycles. The lowest BCUT2D eigenvalue weighted by Crippen LogP contribution is -2.14. The Hall–Kier alpha value is -1.91. The number of nitrogens with two attached hydrogens (primary N) is 1. The van der Waals surface area contributed by atoms with Crippen LogP contribution in [-0.2, 0) is 6.42 Å². The Kier molecular flexibility index (Phi) is 3.79. The monoisotopic (exact) mass is 210 g/mol. The van der Waals surface area contributed by atoms with Crippen LogP contribution in [0.15, 0.2) is 23.4 Å². The van der Waals surface area contributed by atoms with Gasteiger partial charge in [-0.25, -0.2) is 0 Å². The Labute approximate surface area is 88.1 Å². The summed E-state index contributed by atoms with van der Waals surface area (Å²) < 4.78 is 10.2. The predicted molar refractivity (Wildman–Crippen MR) is 56.7 cm³/mol. The van der Waals surface area contributed by atoms with Gasteiger partial charge in [-0.15, -0.1) is 0 Å². The summed E-state index contributed by atoms with van der Waals surface area (Å²) in [5.41, 5.74) is 6.27. The second-order valence-corrected chi connectivity index (χ2v) is 2.99. The maximum atomic E-state index is 8.45. The second-order valence-electron chi connectivity index (χ2n) is 2.99. The summed E-state index contributed by atoms with van der Waals surface area (Å²) in [6.45, 7) is 0. The summed E-state index contributed by atoms with van der Waals surface area (Å²) in [4.78, 5) is 0. The average Bonchev–Trinajstić information content (AvgIpc) is 2.28. The van der Waals surface area contributed by atoms with Crippen molar-refractivity contribution >= 4 is 5.84 Å². The van der Waals surface area contributed by atoms with Crippen LogP contribution in [0.3, 0.4) is 0 Å². The molecule has 3 N–H and O–H groups in total. The van der Waals surface area contributed by atoms with Crippen LogP contribution in [0.4, 0.5) is 0 Å². The first kappa shape index (κ1) is 11.2. The van der Waals surface area contributed by atoms with Gasteiger partial charge in [-0.05, 0) is 17.7 Å². The zero-order chi connectivity index (χ0) is 11.3. The molecule has 0 heterocycles.